The molecule has 2 aromatic heterocycles. The van der Waals surface area contributed by atoms with Crippen LogP contribution in [0, 0.1) is 12.3 Å². The van der Waals surface area contributed by atoms with E-state index in [1.165, 1.54) is 10.9 Å². The summed E-state index contributed by atoms with van der Waals surface area (Å²) in [6, 6.07) is 7.62. The second kappa shape index (κ2) is 18.6. The van der Waals surface area contributed by atoms with Crippen LogP contribution in [-0.4, -0.2) is 119 Å². The van der Waals surface area contributed by atoms with E-state index in [1.54, 1.807) is 0 Å². The molecule has 0 bridgehead atoms. The lowest BCUT2D eigenvalue weighted by Crippen LogP contribution is -2.33. The first-order valence-electron chi connectivity index (χ1n) is 14.8. The Morgan fingerprint density at radius 1 is 0.978 bits per heavy atom. The molecule has 0 spiro atoms. The molecule has 3 aromatic rings. The highest BCUT2D eigenvalue weighted by molar-refractivity contribution is 6.28. The summed E-state index contributed by atoms with van der Waals surface area (Å²) in [5.74, 6) is 2.63. The van der Waals surface area contributed by atoms with Crippen molar-refractivity contribution in [1.29, 1.82) is 0 Å². The molecule has 46 heavy (non-hydrogen) atoms. The van der Waals surface area contributed by atoms with Gasteiger partial charge < -0.3 is 49.6 Å². The summed E-state index contributed by atoms with van der Waals surface area (Å²) in [5, 5.41) is 40.9. The first-order valence-corrected chi connectivity index (χ1v) is 15.2. The minimum Gasteiger partial charge on any atom is -0.394 e. The predicted octanol–water partition coefficient (Wildman–Crippen LogP) is 0.409. The van der Waals surface area contributed by atoms with Crippen LogP contribution in [0.4, 0.5) is 5.82 Å². The minimum atomic E-state index is -1.33. The maximum absolute atomic E-state index is 12.4. The van der Waals surface area contributed by atoms with Crippen molar-refractivity contribution in [2.45, 2.75) is 44.1 Å². The van der Waals surface area contributed by atoms with Gasteiger partial charge >= 0.3 is 0 Å². The second-order valence-corrected chi connectivity index (χ2v) is 10.5. The molecule has 0 saturated carbocycles. The largest absolute Gasteiger partial charge is 0.394 e. The van der Waals surface area contributed by atoms with E-state index in [0.717, 1.165) is 11.1 Å². The number of nitrogens with zero attached hydrogens (tertiary/aromatic N) is 4. The number of benzene rings is 1. The summed E-state index contributed by atoms with van der Waals surface area (Å²) in [7, 11) is 0. The molecule has 3 heterocycles. The number of hydrogen-bond acceptors (Lipinski definition) is 13. The summed E-state index contributed by atoms with van der Waals surface area (Å²) in [5.41, 5.74) is 2.10. The number of nitrogens with one attached hydrogen (secondary N) is 2. The van der Waals surface area contributed by atoms with Crippen molar-refractivity contribution in [2.75, 3.05) is 64.8 Å². The summed E-state index contributed by atoms with van der Waals surface area (Å²) in [4.78, 5) is 21.0. The fourth-order valence-corrected chi connectivity index (χ4v) is 4.79. The molecule has 1 saturated heterocycles. The fourth-order valence-electron chi connectivity index (χ4n) is 4.62. The number of aliphatic hydroxyl groups excluding tert-OH is 3. The van der Waals surface area contributed by atoms with Gasteiger partial charge in [-0.05, 0) is 22.7 Å². The third kappa shape index (κ3) is 10.0. The Morgan fingerprint density at radius 2 is 1.63 bits per heavy atom. The topological polar surface area (TPSA) is 192 Å². The van der Waals surface area contributed by atoms with Crippen LogP contribution >= 0.6 is 11.6 Å². The maximum atomic E-state index is 12.4. The minimum absolute atomic E-state index is 0.0646. The first-order chi connectivity index (χ1) is 22.4. The number of ether oxygens (including phenoxy) is 5. The monoisotopic (exact) mass is 662 g/mol. The molecule has 0 aliphatic carbocycles. The van der Waals surface area contributed by atoms with Crippen molar-refractivity contribution < 1.29 is 43.8 Å². The quantitative estimate of drug-likeness (QED) is 0.0636. The highest BCUT2D eigenvalue weighted by Crippen LogP contribution is 2.32. The van der Waals surface area contributed by atoms with Gasteiger partial charge in [-0.2, -0.15) is 15.1 Å². The van der Waals surface area contributed by atoms with E-state index in [2.05, 4.69) is 31.6 Å². The Bertz CT molecular complexity index is 1440. The number of anilines is 1. The van der Waals surface area contributed by atoms with Crippen molar-refractivity contribution >= 4 is 34.4 Å². The molecule has 4 atom stereocenters. The van der Waals surface area contributed by atoms with Gasteiger partial charge in [-0.25, -0.2) is 4.68 Å². The highest BCUT2D eigenvalue weighted by atomic mass is 35.5. The molecule has 1 aliphatic heterocycles. The van der Waals surface area contributed by atoms with Gasteiger partial charge in [0.1, 0.15) is 30.7 Å². The van der Waals surface area contributed by atoms with E-state index < -0.39 is 31.1 Å². The van der Waals surface area contributed by atoms with Gasteiger partial charge in [0.25, 0.3) is 0 Å². The Morgan fingerprint density at radius 3 is 2.28 bits per heavy atom. The van der Waals surface area contributed by atoms with Gasteiger partial charge in [0, 0.05) is 19.5 Å². The molecular formula is C30H39ClN6O9. The fraction of sp³-hybridized carbons (Fsp3) is 0.533. The molecule has 16 heteroatoms. The molecular weight excluding hydrogens is 624 g/mol. The summed E-state index contributed by atoms with van der Waals surface area (Å²) >= 11 is 6.22. The molecule has 0 unspecified atom stereocenters. The number of halogens is 1. The SMILES string of the molecule is C#CCOCCOCCOCCOCCC(=O)NCc1ccccc1CNc1nc(Cl)nc2c1cnn2[C@@H]1O[C@H](CO)[C@@H](O)[C@H]1O. The lowest BCUT2D eigenvalue weighted by Gasteiger charge is -2.16. The lowest BCUT2D eigenvalue weighted by molar-refractivity contribution is -0.122. The van der Waals surface area contributed by atoms with E-state index in [-0.39, 0.29) is 36.5 Å². The molecule has 15 nitrogen and oxygen atoms in total. The van der Waals surface area contributed by atoms with Gasteiger partial charge in [-0.15, -0.1) is 6.42 Å². The Hall–Kier alpha value is -3.43. The van der Waals surface area contributed by atoms with Crippen LogP contribution in [0.15, 0.2) is 30.5 Å². The number of hydrogen-bond donors (Lipinski definition) is 5. The van der Waals surface area contributed by atoms with Crippen LogP contribution in [0.5, 0.6) is 0 Å². The third-order valence-electron chi connectivity index (χ3n) is 7.00. The van der Waals surface area contributed by atoms with Gasteiger partial charge in [0.15, 0.2) is 11.9 Å². The van der Waals surface area contributed by atoms with Gasteiger partial charge in [0.2, 0.25) is 11.2 Å². The Labute approximate surface area is 271 Å². The molecule has 1 aromatic carbocycles. The van der Waals surface area contributed by atoms with Crippen molar-refractivity contribution in [1.82, 2.24) is 25.1 Å². The zero-order valence-electron chi connectivity index (χ0n) is 25.2. The second-order valence-electron chi connectivity index (χ2n) is 10.1. The van der Waals surface area contributed by atoms with Crippen LogP contribution < -0.4 is 10.6 Å². The average Bonchev–Trinajstić information content (AvgIpc) is 3.60. The zero-order valence-corrected chi connectivity index (χ0v) is 26.0. The molecule has 250 valence electrons. The van der Waals surface area contributed by atoms with E-state index in [1.807, 2.05) is 24.3 Å². The van der Waals surface area contributed by atoms with Crippen LogP contribution in [0.3, 0.4) is 0 Å². The maximum Gasteiger partial charge on any atom is 0.226 e. The zero-order chi connectivity index (χ0) is 32.7. The molecule has 5 N–H and O–H groups in total. The number of aliphatic hydroxyl groups is 3. The number of carbonyl (C=O) groups excluding carboxylic acids is 1. The number of rotatable bonds is 20. The predicted molar refractivity (Wildman–Crippen MR) is 166 cm³/mol. The van der Waals surface area contributed by atoms with E-state index >= 15 is 0 Å². The summed E-state index contributed by atoms with van der Waals surface area (Å²) in [6.07, 6.45) is 2.13. The van der Waals surface area contributed by atoms with Gasteiger partial charge in [-0.1, -0.05) is 30.2 Å². The average molecular weight is 663 g/mol. The van der Waals surface area contributed by atoms with Crippen LogP contribution in [-0.2, 0) is 41.6 Å². The Balaban J connectivity index is 1.20. The number of terminal acetylenes is 1. The Kier molecular flexibility index (Phi) is 14.4. The molecule has 1 fully saturated rings. The van der Waals surface area contributed by atoms with Crippen molar-refractivity contribution in [3.8, 4) is 12.3 Å². The van der Waals surface area contributed by atoms with Crippen LogP contribution in [0.2, 0.25) is 5.28 Å². The smallest absolute Gasteiger partial charge is 0.226 e. The molecule has 1 amide bonds. The summed E-state index contributed by atoms with van der Waals surface area (Å²) < 4.78 is 28.3. The van der Waals surface area contributed by atoms with Crippen LogP contribution in [0.1, 0.15) is 23.8 Å². The first kappa shape index (κ1) is 35.4. The molecule has 1 aliphatic rings. The number of amides is 1. The van der Waals surface area contributed by atoms with Crippen molar-refractivity contribution in [2.24, 2.45) is 0 Å². The van der Waals surface area contributed by atoms with Crippen molar-refractivity contribution in [3.05, 3.63) is 46.9 Å². The van der Waals surface area contributed by atoms with Crippen molar-refractivity contribution in [3.63, 3.8) is 0 Å². The van der Waals surface area contributed by atoms with Gasteiger partial charge in [-0.3, -0.25) is 4.79 Å². The lowest BCUT2D eigenvalue weighted by atomic mass is 10.1. The van der Waals surface area contributed by atoms with E-state index in [4.69, 9.17) is 41.7 Å². The summed E-state index contributed by atoms with van der Waals surface area (Å²) in [6.45, 7) is 3.27. The normalized spacial score (nSPS) is 19.4. The molecule has 0 radical (unpaired) electrons. The molecule has 4 rings (SSSR count). The van der Waals surface area contributed by atoms with Crippen LogP contribution in [0.25, 0.3) is 11.0 Å². The van der Waals surface area contributed by atoms with E-state index in [9.17, 15) is 20.1 Å². The third-order valence-corrected chi connectivity index (χ3v) is 7.17. The number of fused-ring (bicyclic) bond motifs is 1. The van der Waals surface area contributed by atoms with E-state index in [0.29, 0.717) is 63.9 Å². The standard InChI is InChI=1S/C30H39ClN6O9/c1-2-8-42-10-12-44-14-15-45-13-11-43-9-7-24(39)32-16-20-5-3-4-6-21(20)17-33-27-22-18-34-37(28(22)36-30(31)35-27)29-26(41)25(40)23(19-38)46-29/h1,3-6,18,23,25-26,29,38,40-41H,7-17,19H2,(H,32,39)(H,33,35,36)/t23-,25-,26-,29-/m1/s1. The van der Waals surface area contributed by atoms with Gasteiger partial charge in [0.05, 0.1) is 64.4 Å². The number of carbonyl (C=O) groups is 1. The highest BCUT2D eigenvalue weighted by Gasteiger charge is 2.44. The number of aromatic nitrogens is 4.